The number of rotatable bonds is 5. The number of likely N-dealkylation sites (N-methyl/N-ethyl adjacent to an activating group) is 1. The molecule has 0 aliphatic rings. The molecule has 0 amide bonds. The van der Waals surface area contributed by atoms with Gasteiger partial charge in [-0.1, -0.05) is 30.3 Å². The van der Waals surface area contributed by atoms with Crippen molar-refractivity contribution in [3.63, 3.8) is 0 Å². The molecular weight excluding hydrogens is 276 g/mol. The van der Waals surface area contributed by atoms with Crippen LogP contribution in [0.4, 0.5) is 5.82 Å². The maximum Gasteiger partial charge on any atom is 0.262 e. The molecule has 0 aliphatic heterocycles. The van der Waals surface area contributed by atoms with Crippen LogP contribution in [0, 0.1) is 0 Å². The van der Waals surface area contributed by atoms with Crippen LogP contribution in [0.5, 0.6) is 0 Å². The monoisotopic (exact) mass is 294 g/mol. The van der Waals surface area contributed by atoms with Crippen molar-refractivity contribution < 1.29 is 8.42 Å². The predicted molar refractivity (Wildman–Crippen MR) is 77.6 cm³/mol. The molecule has 1 heterocycles. The second kappa shape index (κ2) is 5.64. The fraction of sp³-hybridized carbons (Fsp3) is 0.308. The predicted octanol–water partition coefficient (Wildman–Crippen LogP) is 0.865. The van der Waals surface area contributed by atoms with E-state index in [1.807, 2.05) is 30.3 Å². The van der Waals surface area contributed by atoms with Crippen molar-refractivity contribution in [3.05, 3.63) is 42.2 Å². The van der Waals surface area contributed by atoms with Crippen molar-refractivity contribution in [1.82, 2.24) is 13.9 Å². The first-order valence-electron chi connectivity index (χ1n) is 6.20. The average Bonchev–Trinajstić information content (AvgIpc) is 2.77. The van der Waals surface area contributed by atoms with Gasteiger partial charge in [-0.2, -0.15) is 4.31 Å². The average molecular weight is 294 g/mol. The number of aryl methyl sites for hydroxylation is 1. The number of benzene rings is 1. The summed E-state index contributed by atoms with van der Waals surface area (Å²) >= 11 is 0. The third-order valence-corrected chi connectivity index (χ3v) is 5.11. The van der Waals surface area contributed by atoms with E-state index in [0.717, 1.165) is 5.56 Å². The molecule has 0 unspecified atom stereocenters. The van der Waals surface area contributed by atoms with E-state index in [1.165, 1.54) is 15.2 Å². The van der Waals surface area contributed by atoms with Crippen molar-refractivity contribution in [2.45, 2.75) is 11.4 Å². The Morgan fingerprint density at radius 3 is 2.50 bits per heavy atom. The van der Waals surface area contributed by atoms with Gasteiger partial charge in [0.15, 0.2) is 10.8 Å². The second-order valence-electron chi connectivity index (χ2n) is 4.61. The fourth-order valence-corrected chi connectivity index (χ4v) is 3.31. The van der Waals surface area contributed by atoms with Crippen molar-refractivity contribution in [2.75, 3.05) is 19.3 Å². The zero-order valence-electron chi connectivity index (χ0n) is 11.5. The van der Waals surface area contributed by atoms with Gasteiger partial charge in [0, 0.05) is 20.6 Å². The molecule has 2 N–H and O–H groups in total. The first-order chi connectivity index (χ1) is 9.43. The normalized spacial score (nSPS) is 11.9. The highest BCUT2D eigenvalue weighted by Crippen LogP contribution is 2.19. The van der Waals surface area contributed by atoms with Gasteiger partial charge in [0.1, 0.15) is 0 Å². The van der Waals surface area contributed by atoms with Crippen LogP contribution in [-0.4, -0.2) is 35.9 Å². The summed E-state index contributed by atoms with van der Waals surface area (Å²) < 4.78 is 27.6. The minimum atomic E-state index is -3.62. The van der Waals surface area contributed by atoms with E-state index in [2.05, 4.69) is 4.98 Å². The molecule has 2 rings (SSSR count). The molecule has 20 heavy (non-hydrogen) atoms. The van der Waals surface area contributed by atoms with Crippen LogP contribution >= 0.6 is 0 Å². The summed E-state index contributed by atoms with van der Waals surface area (Å²) in [7, 11) is -0.460. The van der Waals surface area contributed by atoms with Gasteiger partial charge in [0.2, 0.25) is 0 Å². The van der Waals surface area contributed by atoms with E-state index in [1.54, 1.807) is 14.1 Å². The standard InChI is InChI=1S/C13H18N4O2S/c1-16-10-15-12(14)13(16)20(18,19)17(2)9-8-11-6-4-3-5-7-11/h3-7,10H,8-9,14H2,1-2H3. The molecule has 0 aliphatic carbocycles. The summed E-state index contributed by atoms with van der Waals surface area (Å²) in [5.74, 6) is 0.0269. The number of nitrogens with two attached hydrogens (primary N) is 1. The Bertz CT molecular complexity index is 660. The van der Waals surface area contributed by atoms with E-state index in [0.29, 0.717) is 13.0 Å². The molecule has 0 bridgehead atoms. The number of hydrogen-bond acceptors (Lipinski definition) is 4. The number of hydrogen-bond donors (Lipinski definition) is 1. The van der Waals surface area contributed by atoms with Crippen molar-refractivity contribution in [2.24, 2.45) is 7.05 Å². The van der Waals surface area contributed by atoms with Gasteiger partial charge in [0.25, 0.3) is 10.0 Å². The highest BCUT2D eigenvalue weighted by molar-refractivity contribution is 7.89. The van der Waals surface area contributed by atoms with Crippen LogP contribution in [0.2, 0.25) is 0 Å². The molecule has 0 fully saturated rings. The lowest BCUT2D eigenvalue weighted by atomic mass is 10.2. The smallest absolute Gasteiger partial charge is 0.262 e. The lowest BCUT2D eigenvalue weighted by Crippen LogP contribution is -2.30. The zero-order valence-corrected chi connectivity index (χ0v) is 12.3. The number of sulfonamides is 1. The van der Waals surface area contributed by atoms with Gasteiger partial charge >= 0.3 is 0 Å². The van der Waals surface area contributed by atoms with Gasteiger partial charge in [0.05, 0.1) is 6.33 Å². The molecule has 108 valence electrons. The van der Waals surface area contributed by atoms with E-state index < -0.39 is 10.0 Å². The Hall–Kier alpha value is -1.86. The molecule has 1 aromatic carbocycles. The minimum Gasteiger partial charge on any atom is -0.381 e. The van der Waals surface area contributed by atoms with Crippen molar-refractivity contribution in [1.29, 1.82) is 0 Å². The van der Waals surface area contributed by atoms with E-state index in [-0.39, 0.29) is 10.8 Å². The quantitative estimate of drug-likeness (QED) is 0.887. The Kier molecular flexibility index (Phi) is 4.10. The molecule has 0 spiro atoms. The largest absolute Gasteiger partial charge is 0.381 e. The lowest BCUT2D eigenvalue weighted by molar-refractivity contribution is 0.466. The van der Waals surface area contributed by atoms with Gasteiger partial charge in [-0.25, -0.2) is 13.4 Å². The fourth-order valence-electron chi connectivity index (χ4n) is 1.95. The number of nitrogen functional groups attached to an aromatic ring is 1. The zero-order chi connectivity index (χ0) is 14.8. The number of nitrogens with zero attached hydrogens (tertiary/aromatic N) is 3. The summed E-state index contributed by atoms with van der Waals surface area (Å²) in [6, 6.07) is 9.74. The molecule has 2 aromatic rings. The van der Waals surface area contributed by atoms with E-state index in [4.69, 9.17) is 5.73 Å². The molecule has 6 nitrogen and oxygen atoms in total. The van der Waals surface area contributed by atoms with Gasteiger partial charge in [-0.05, 0) is 12.0 Å². The van der Waals surface area contributed by atoms with Crippen LogP contribution in [0.25, 0.3) is 0 Å². The maximum atomic E-state index is 12.4. The van der Waals surface area contributed by atoms with Crippen LogP contribution in [0.1, 0.15) is 5.56 Å². The SMILES string of the molecule is CN(CCc1ccccc1)S(=O)(=O)c1c(N)ncn1C. The van der Waals surface area contributed by atoms with Gasteiger partial charge in [-0.3, -0.25) is 0 Å². The molecule has 0 saturated heterocycles. The van der Waals surface area contributed by atoms with Crippen molar-refractivity contribution >= 4 is 15.8 Å². The van der Waals surface area contributed by atoms with E-state index >= 15 is 0 Å². The minimum absolute atomic E-state index is 0.0269. The first-order valence-corrected chi connectivity index (χ1v) is 7.64. The number of aromatic nitrogens is 2. The highest BCUT2D eigenvalue weighted by atomic mass is 32.2. The van der Waals surface area contributed by atoms with E-state index in [9.17, 15) is 8.42 Å². The summed E-state index contributed by atoms with van der Waals surface area (Å²) in [5, 5.41) is 0.0352. The highest BCUT2D eigenvalue weighted by Gasteiger charge is 2.26. The Labute approximate surface area is 118 Å². The summed E-state index contributed by atoms with van der Waals surface area (Å²) in [6.45, 7) is 0.386. The second-order valence-corrected chi connectivity index (χ2v) is 6.57. The van der Waals surface area contributed by atoms with Crippen LogP contribution < -0.4 is 5.73 Å². The maximum absolute atomic E-state index is 12.4. The van der Waals surface area contributed by atoms with Gasteiger partial charge < -0.3 is 10.3 Å². The summed E-state index contributed by atoms with van der Waals surface area (Å²) in [5.41, 5.74) is 6.73. The number of anilines is 1. The summed E-state index contributed by atoms with van der Waals surface area (Å²) in [4.78, 5) is 3.82. The molecular formula is C13H18N4O2S. The molecule has 7 heteroatoms. The Morgan fingerprint density at radius 2 is 1.95 bits per heavy atom. The molecule has 1 aromatic heterocycles. The van der Waals surface area contributed by atoms with Crippen LogP contribution in [0.3, 0.4) is 0 Å². The molecule has 0 saturated carbocycles. The van der Waals surface area contributed by atoms with Crippen LogP contribution in [-0.2, 0) is 23.5 Å². The molecule has 0 atom stereocenters. The third-order valence-electron chi connectivity index (χ3n) is 3.12. The Morgan fingerprint density at radius 1 is 1.30 bits per heavy atom. The Balaban J connectivity index is 2.14. The first kappa shape index (κ1) is 14.5. The molecule has 0 radical (unpaired) electrons. The van der Waals surface area contributed by atoms with Gasteiger partial charge in [-0.15, -0.1) is 0 Å². The van der Waals surface area contributed by atoms with Crippen molar-refractivity contribution in [3.8, 4) is 0 Å². The van der Waals surface area contributed by atoms with Crippen LogP contribution in [0.15, 0.2) is 41.7 Å². The third kappa shape index (κ3) is 2.83. The number of imidazole rings is 1. The summed E-state index contributed by atoms with van der Waals surface area (Å²) in [6.07, 6.45) is 2.04. The topological polar surface area (TPSA) is 81.2 Å². The lowest BCUT2D eigenvalue weighted by Gasteiger charge is -2.17.